The van der Waals surface area contributed by atoms with Crippen molar-refractivity contribution in [2.24, 2.45) is 0 Å². The van der Waals surface area contributed by atoms with E-state index < -0.39 is 34.2 Å². The number of aromatic nitrogens is 1. The van der Waals surface area contributed by atoms with Gasteiger partial charge in [0.15, 0.2) is 0 Å². The van der Waals surface area contributed by atoms with Crippen LogP contribution in [0.5, 0.6) is 0 Å². The van der Waals surface area contributed by atoms with Crippen molar-refractivity contribution >= 4 is 16.9 Å². The Hall–Kier alpha value is -2.75. The first-order chi connectivity index (χ1) is 9.77. The summed E-state index contributed by atoms with van der Waals surface area (Å²) in [6, 6.07) is 3.01. The highest BCUT2D eigenvalue weighted by atomic mass is 19.4. The molecule has 0 saturated heterocycles. The van der Waals surface area contributed by atoms with Crippen LogP contribution in [0.25, 0.3) is 10.9 Å². The van der Waals surface area contributed by atoms with E-state index in [0.717, 1.165) is 29.0 Å². The minimum atomic E-state index is -4.69. The third-order valence-corrected chi connectivity index (χ3v) is 2.89. The second-order valence-electron chi connectivity index (χ2n) is 4.21. The van der Waals surface area contributed by atoms with Crippen LogP contribution in [0, 0.1) is 12.3 Å². The van der Waals surface area contributed by atoms with E-state index in [4.69, 9.17) is 11.5 Å². The van der Waals surface area contributed by atoms with Crippen molar-refractivity contribution < 1.29 is 23.1 Å². The van der Waals surface area contributed by atoms with Crippen molar-refractivity contribution in [3.05, 3.63) is 45.7 Å². The Morgan fingerprint density at radius 3 is 2.57 bits per heavy atom. The molecule has 0 radical (unpaired) electrons. The number of fused-ring (bicyclic) bond motifs is 1. The minimum Gasteiger partial charge on any atom is -0.477 e. The Balaban J connectivity index is 3.02. The lowest BCUT2D eigenvalue weighted by Crippen LogP contribution is -2.21. The van der Waals surface area contributed by atoms with E-state index in [0.29, 0.717) is 0 Å². The van der Waals surface area contributed by atoms with Crippen LogP contribution in [-0.4, -0.2) is 15.6 Å². The number of hydrogen-bond acceptors (Lipinski definition) is 2. The monoisotopic (exact) mass is 295 g/mol. The number of aromatic carboxylic acids is 1. The van der Waals surface area contributed by atoms with Crippen LogP contribution in [0.1, 0.15) is 15.9 Å². The molecule has 0 unspecified atom stereocenters. The van der Waals surface area contributed by atoms with Gasteiger partial charge in [-0.3, -0.25) is 4.79 Å². The van der Waals surface area contributed by atoms with Crippen LogP contribution < -0.4 is 5.43 Å². The first-order valence-corrected chi connectivity index (χ1v) is 5.67. The lowest BCUT2D eigenvalue weighted by molar-refractivity contribution is -0.136. The topological polar surface area (TPSA) is 59.3 Å². The van der Waals surface area contributed by atoms with Gasteiger partial charge in [-0.25, -0.2) is 4.79 Å². The van der Waals surface area contributed by atoms with E-state index in [2.05, 4.69) is 5.92 Å². The zero-order chi connectivity index (χ0) is 15.8. The smallest absolute Gasteiger partial charge is 0.418 e. The predicted octanol–water partition coefficient (Wildman–Crippen LogP) is 2.35. The number of halogens is 3. The van der Waals surface area contributed by atoms with Gasteiger partial charge in [0, 0.05) is 11.6 Å². The number of para-hydroxylation sites is 1. The molecule has 2 aromatic rings. The average Bonchev–Trinajstić information content (AvgIpc) is 2.40. The van der Waals surface area contributed by atoms with Crippen LogP contribution >= 0.6 is 0 Å². The van der Waals surface area contributed by atoms with Crippen LogP contribution in [0.3, 0.4) is 0 Å². The Bertz CT molecular complexity index is 828. The zero-order valence-electron chi connectivity index (χ0n) is 10.4. The minimum absolute atomic E-state index is 0.288. The Morgan fingerprint density at radius 2 is 2.05 bits per heavy atom. The lowest BCUT2D eigenvalue weighted by atomic mass is 10.1. The standard InChI is InChI=1S/C14H8F3NO3/c1-2-6-18-7-9(13(20)21)12(19)8-4-3-5-10(11(8)18)14(15,16)17/h1,3-5,7H,6H2,(H,20,21). The van der Waals surface area contributed by atoms with Gasteiger partial charge in [-0.1, -0.05) is 12.0 Å². The van der Waals surface area contributed by atoms with Gasteiger partial charge in [0.05, 0.1) is 17.6 Å². The number of pyridine rings is 1. The summed E-state index contributed by atoms with van der Waals surface area (Å²) in [7, 11) is 0. The Kier molecular flexibility index (Phi) is 3.47. The quantitative estimate of drug-likeness (QED) is 0.865. The molecule has 0 aliphatic heterocycles. The van der Waals surface area contributed by atoms with E-state index in [9.17, 15) is 22.8 Å². The molecule has 0 saturated carbocycles. The molecular formula is C14H8F3NO3. The van der Waals surface area contributed by atoms with E-state index in [1.807, 2.05) is 0 Å². The van der Waals surface area contributed by atoms with Gasteiger partial charge in [0.25, 0.3) is 0 Å². The molecule has 1 aromatic heterocycles. The molecule has 0 bridgehead atoms. The van der Waals surface area contributed by atoms with E-state index in [1.54, 1.807) is 0 Å². The summed E-state index contributed by atoms with van der Waals surface area (Å²) in [5.41, 5.74) is -3.06. The lowest BCUT2D eigenvalue weighted by Gasteiger charge is -2.15. The molecule has 1 N–H and O–H groups in total. The summed E-state index contributed by atoms with van der Waals surface area (Å²) in [6.07, 6.45) is 1.25. The van der Waals surface area contributed by atoms with Crippen LogP contribution in [0.15, 0.2) is 29.2 Å². The molecule has 7 heteroatoms. The fourth-order valence-corrected chi connectivity index (χ4v) is 2.06. The number of carboxylic acids is 1. The molecule has 1 aromatic carbocycles. The summed E-state index contributed by atoms with van der Waals surface area (Å²) in [6.45, 7) is -0.288. The highest BCUT2D eigenvalue weighted by Crippen LogP contribution is 2.34. The maximum Gasteiger partial charge on any atom is 0.418 e. The van der Waals surface area contributed by atoms with Crippen LogP contribution in [-0.2, 0) is 12.7 Å². The van der Waals surface area contributed by atoms with Crippen molar-refractivity contribution in [3.63, 3.8) is 0 Å². The fourth-order valence-electron chi connectivity index (χ4n) is 2.06. The largest absolute Gasteiger partial charge is 0.477 e. The fraction of sp³-hybridized carbons (Fsp3) is 0.143. The molecule has 1 heterocycles. The number of rotatable bonds is 2. The van der Waals surface area contributed by atoms with Crippen molar-refractivity contribution in [1.82, 2.24) is 4.57 Å². The van der Waals surface area contributed by atoms with Crippen molar-refractivity contribution in [3.8, 4) is 12.3 Å². The number of carbonyl (C=O) groups is 1. The Morgan fingerprint density at radius 1 is 1.38 bits per heavy atom. The number of carboxylic acid groups (broad SMARTS) is 1. The van der Waals surface area contributed by atoms with Gasteiger partial charge in [-0.2, -0.15) is 13.2 Å². The molecule has 2 rings (SSSR count). The van der Waals surface area contributed by atoms with E-state index in [-0.39, 0.29) is 11.9 Å². The molecule has 0 spiro atoms. The zero-order valence-corrected chi connectivity index (χ0v) is 10.4. The van der Waals surface area contributed by atoms with Gasteiger partial charge in [0.1, 0.15) is 5.56 Å². The normalized spacial score (nSPS) is 11.3. The van der Waals surface area contributed by atoms with Crippen molar-refractivity contribution in [1.29, 1.82) is 0 Å². The predicted molar refractivity (Wildman–Crippen MR) is 69.0 cm³/mol. The summed E-state index contributed by atoms with van der Waals surface area (Å²) in [4.78, 5) is 23.0. The first kappa shape index (κ1) is 14.7. The molecule has 21 heavy (non-hydrogen) atoms. The van der Waals surface area contributed by atoms with Gasteiger partial charge < -0.3 is 9.67 Å². The molecule has 0 aliphatic rings. The van der Waals surface area contributed by atoms with Crippen molar-refractivity contribution in [2.45, 2.75) is 12.7 Å². The highest BCUT2D eigenvalue weighted by molar-refractivity contribution is 5.93. The number of nitrogens with zero attached hydrogens (tertiary/aromatic N) is 1. The van der Waals surface area contributed by atoms with Crippen molar-refractivity contribution in [2.75, 3.05) is 0 Å². The molecule has 0 aliphatic carbocycles. The summed E-state index contributed by atoms with van der Waals surface area (Å²) >= 11 is 0. The third kappa shape index (κ3) is 2.48. The number of alkyl halides is 3. The average molecular weight is 295 g/mol. The molecule has 0 fully saturated rings. The maximum atomic E-state index is 13.0. The maximum absolute atomic E-state index is 13.0. The number of hydrogen-bond donors (Lipinski definition) is 1. The summed E-state index contributed by atoms with van der Waals surface area (Å²) < 4.78 is 40.1. The van der Waals surface area contributed by atoms with Gasteiger partial charge in [-0.15, -0.1) is 6.42 Å². The van der Waals surface area contributed by atoms with Crippen LogP contribution in [0.4, 0.5) is 13.2 Å². The molecule has 4 nitrogen and oxygen atoms in total. The molecule has 108 valence electrons. The second-order valence-corrected chi connectivity index (χ2v) is 4.21. The van der Waals surface area contributed by atoms with E-state index in [1.165, 1.54) is 0 Å². The number of terminal acetylenes is 1. The van der Waals surface area contributed by atoms with E-state index >= 15 is 0 Å². The van der Waals surface area contributed by atoms with Crippen LogP contribution in [0.2, 0.25) is 0 Å². The number of benzene rings is 1. The summed E-state index contributed by atoms with van der Waals surface area (Å²) in [5, 5.41) is 8.63. The molecule has 0 atom stereocenters. The Labute approximate surface area is 116 Å². The molecular weight excluding hydrogens is 287 g/mol. The third-order valence-electron chi connectivity index (χ3n) is 2.89. The first-order valence-electron chi connectivity index (χ1n) is 5.67. The SMILES string of the molecule is C#CCn1cc(C(=O)O)c(=O)c2cccc(C(F)(F)F)c21. The summed E-state index contributed by atoms with van der Waals surface area (Å²) in [5.74, 6) is 0.618. The van der Waals surface area contributed by atoms with Gasteiger partial charge >= 0.3 is 12.1 Å². The van der Waals surface area contributed by atoms with Gasteiger partial charge in [0.2, 0.25) is 5.43 Å². The van der Waals surface area contributed by atoms with Gasteiger partial charge in [-0.05, 0) is 12.1 Å². The molecule has 0 amide bonds. The second kappa shape index (κ2) is 4.98. The highest BCUT2D eigenvalue weighted by Gasteiger charge is 2.34.